The van der Waals surface area contributed by atoms with E-state index in [2.05, 4.69) is 5.32 Å². The number of hydrogen-bond acceptors (Lipinski definition) is 4. The lowest BCUT2D eigenvalue weighted by Crippen LogP contribution is -2.47. The van der Waals surface area contributed by atoms with Gasteiger partial charge in [-0.25, -0.2) is 13.2 Å². The van der Waals surface area contributed by atoms with Crippen LogP contribution in [0.25, 0.3) is 0 Å². The molecule has 0 aromatic heterocycles. The van der Waals surface area contributed by atoms with E-state index in [1.54, 1.807) is 6.92 Å². The molecule has 15 heavy (non-hydrogen) atoms. The van der Waals surface area contributed by atoms with Crippen LogP contribution in [0.2, 0.25) is 0 Å². The Bertz CT molecular complexity index is 338. The first kappa shape index (κ1) is 12.3. The van der Waals surface area contributed by atoms with E-state index in [9.17, 15) is 13.2 Å². The molecule has 1 heterocycles. The van der Waals surface area contributed by atoms with Crippen molar-refractivity contribution in [2.24, 2.45) is 0 Å². The summed E-state index contributed by atoms with van der Waals surface area (Å²) in [4.78, 5) is 11.2. The van der Waals surface area contributed by atoms with Crippen LogP contribution in [-0.2, 0) is 14.6 Å². The first-order chi connectivity index (χ1) is 6.87. The molecule has 1 aliphatic rings. The summed E-state index contributed by atoms with van der Waals surface area (Å²) in [6, 6.07) is 0. The minimum absolute atomic E-state index is 0.00122. The zero-order valence-corrected chi connectivity index (χ0v) is 9.89. The molecule has 1 aliphatic heterocycles. The summed E-state index contributed by atoms with van der Waals surface area (Å²) in [7, 11) is -2.99. The van der Waals surface area contributed by atoms with Gasteiger partial charge in [-0.2, -0.15) is 0 Å². The Morgan fingerprint density at radius 3 is 2.67 bits per heavy atom. The van der Waals surface area contributed by atoms with Gasteiger partial charge in [0.2, 0.25) is 0 Å². The van der Waals surface area contributed by atoms with E-state index >= 15 is 0 Å². The second-order valence-corrected chi connectivity index (χ2v) is 6.35. The van der Waals surface area contributed by atoms with Crippen molar-refractivity contribution in [1.29, 1.82) is 0 Å². The second kappa shape index (κ2) is 4.38. The van der Waals surface area contributed by atoms with E-state index in [-0.39, 0.29) is 11.5 Å². The summed E-state index contributed by atoms with van der Waals surface area (Å²) >= 11 is 0. The van der Waals surface area contributed by atoms with Gasteiger partial charge in [0, 0.05) is 0 Å². The second-order valence-electron chi connectivity index (χ2n) is 4.16. The van der Waals surface area contributed by atoms with Gasteiger partial charge in [0.05, 0.1) is 23.7 Å². The van der Waals surface area contributed by atoms with Crippen molar-refractivity contribution in [2.75, 3.05) is 18.1 Å². The van der Waals surface area contributed by atoms with Crippen LogP contribution in [0.1, 0.15) is 26.7 Å². The number of carbonyl (C=O) groups is 1. The lowest BCUT2D eigenvalue weighted by molar-refractivity contribution is 0.136. The predicted octanol–water partition coefficient (Wildman–Crippen LogP) is 0.700. The molecule has 6 heteroatoms. The molecular weight excluding hydrogens is 218 g/mol. The third-order valence-corrected chi connectivity index (χ3v) is 4.25. The number of sulfone groups is 1. The quantitative estimate of drug-likeness (QED) is 0.781. The number of alkyl carbamates (subject to hydrolysis) is 1. The van der Waals surface area contributed by atoms with E-state index in [4.69, 9.17) is 4.74 Å². The molecule has 0 unspecified atom stereocenters. The van der Waals surface area contributed by atoms with Gasteiger partial charge < -0.3 is 10.1 Å². The summed E-state index contributed by atoms with van der Waals surface area (Å²) in [5.41, 5.74) is -0.663. The molecule has 0 radical (unpaired) electrons. The highest BCUT2D eigenvalue weighted by Gasteiger charge is 2.39. The molecular formula is C9H17NO4S. The maximum atomic E-state index is 11.2. The number of hydrogen-bond donors (Lipinski definition) is 1. The zero-order valence-electron chi connectivity index (χ0n) is 9.08. The summed E-state index contributed by atoms with van der Waals surface area (Å²) in [5, 5.41) is 2.61. The first-order valence-corrected chi connectivity index (χ1v) is 6.84. The van der Waals surface area contributed by atoms with E-state index in [0.717, 1.165) is 6.42 Å². The van der Waals surface area contributed by atoms with Gasteiger partial charge >= 0.3 is 6.09 Å². The van der Waals surface area contributed by atoms with Crippen molar-refractivity contribution in [2.45, 2.75) is 32.2 Å². The zero-order chi connectivity index (χ0) is 11.5. The lowest BCUT2D eigenvalue weighted by Gasteiger charge is -2.23. The average molecular weight is 235 g/mol. The maximum Gasteiger partial charge on any atom is 0.407 e. The SMILES string of the molecule is CCCOC(=O)N[C@@]1(C)CCS(=O)(=O)C1. The Balaban J connectivity index is 2.48. The van der Waals surface area contributed by atoms with Gasteiger partial charge in [-0.05, 0) is 19.8 Å². The summed E-state index contributed by atoms with van der Waals surface area (Å²) in [6.45, 7) is 3.98. The maximum absolute atomic E-state index is 11.2. The van der Waals surface area contributed by atoms with Crippen molar-refractivity contribution < 1.29 is 17.9 Å². The molecule has 0 saturated carbocycles. The minimum atomic E-state index is -2.99. The van der Waals surface area contributed by atoms with Gasteiger partial charge in [-0.1, -0.05) is 6.92 Å². The van der Waals surface area contributed by atoms with Crippen molar-refractivity contribution in [3.05, 3.63) is 0 Å². The van der Waals surface area contributed by atoms with Crippen LogP contribution in [0, 0.1) is 0 Å². The highest BCUT2D eigenvalue weighted by molar-refractivity contribution is 7.91. The standard InChI is InChI=1S/C9H17NO4S/c1-3-5-14-8(11)10-9(2)4-6-15(12,13)7-9/h3-7H2,1-2H3,(H,10,11)/t9-/m0/s1. The highest BCUT2D eigenvalue weighted by Crippen LogP contribution is 2.22. The number of amides is 1. The van der Waals surface area contributed by atoms with Crippen molar-refractivity contribution in [1.82, 2.24) is 5.32 Å². The molecule has 0 spiro atoms. The fourth-order valence-electron chi connectivity index (χ4n) is 1.59. The van der Waals surface area contributed by atoms with Crippen LogP contribution in [-0.4, -0.2) is 38.2 Å². The Morgan fingerprint density at radius 1 is 1.53 bits per heavy atom. The summed E-state index contributed by atoms with van der Waals surface area (Å²) < 4.78 is 27.3. The molecule has 1 saturated heterocycles. The molecule has 88 valence electrons. The van der Waals surface area contributed by atoms with E-state index in [1.807, 2.05) is 6.92 Å². The Hall–Kier alpha value is -0.780. The fourth-order valence-corrected chi connectivity index (χ4v) is 3.68. The normalized spacial score (nSPS) is 28.7. The van der Waals surface area contributed by atoms with E-state index in [0.29, 0.717) is 13.0 Å². The Morgan fingerprint density at radius 2 is 2.20 bits per heavy atom. The van der Waals surface area contributed by atoms with Crippen LogP contribution in [0.15, 0.2) is 0 Å². The molecule has 0 aromatic carbocycles. The predicted molar refractivity (Wildman–Crippen MR) is 56.5 cm³/mol. The van der Waals surface area contributed by atoms with Crippen LogP contribution < -0.4 is 5.32 Å². The van der Waals surface area contributed by atoms with Crippen molar-refractivity contribution >= 4 is 15.9 Å². The molecule has 0 aliphatic carbocycles. The van der Waals surface area contributed by atoms with Gasteiger partial charge in [0.25, 0.3) is 0 Å². The molecule has 1 rings (SSSR count). The lowest BCUT2D eigenvalue weighted by atomic mass is 10.0. The van der Waals surface area contributed by atoms with Crippen LogP contribution >= 0.6 is 0 Å². The molecule has 1 fully saturated rings. The summed E-state index contributed by atoms with van der Waals surface area (Å²) in [5.74, 6) is 0.138. The number of carbonyl (C=O) groups excluding carboxylic acids is 1. The number of rotatable bonds is 3. The van der Waals surface area contributed by atoms with Crippen LogP contribution in [0.3, 0.4) is 0 Å². The summed E-state index contributed by atoms with van der Waals surface area (Å²) in [6.07, 6.45) is 0.676. The Kier molecular flexibility index (Phi) is 3.59. The van der Waals surface area contributed by atoms with Crippen molar-refractivity contribution in [3.63, 3.8) is 0 Å². The largest absolute Gasteiger partial charge is 0.450 e. The third kappa shape index (κ3) is 3.70. The monoisotopic (exact) mass is 235 g/mol. The molecule has 5 nitrogen and oxygen atoms in total. The van der Waals surface area contributed by atoms with E-state index < -0.39 is 21.5 Å². The topological polar surface area (TPSA) is 72.5 Å². The van der Waals surface area contributed by atoms with Gasteiger partial charge in [-0.3, -0.25) is 0 Å². The molecule has 1 amide bonds. The van der Waals surface area contributed by atoms with Gasteiger partial charge in [0.1, 0.15) is 0 Å². The molecule has 0 aromatic rings. The number of ether oxygens (including phenoxy) is 1. The molecule has 0 bridgehead atoms. The van der Waals surface area contributed by atoms with Crippen molar-refractivity contribution in [3.8, 4) is 0 Å². The van der Waals surface area contributed by atoms with E-state index in [1.165, 1.54) is 0 Å². The fraction of sp³-hybridized carbons (Fsp3) is 0.889. The van der Waals surface area contributed by atoms with Crippen LogP contribution in [0.5, 0.6) is 0 Å². The van der Waals surface area contributed by atoms with Gasteiger partial charge in [0.15, 0.2) is 9.84 Å². The first-order valence-electron chi connectivity index (χ1n) is 5.02. The number of nitrogens with one attached hydrogen (secondary N) is 1. The average Bonchev–Trinajstić information content (AvgIpc) is 2.37. The van der Waals surface area contributed by atoms with Gasteiger partial charge in [-0.15, -0.1) is 0 Å². The van der Waals surface area contributed by atoms with Crippen LogP contribution in [0.4, 0.5) is 4.79 Å². The molecule has 1 N–H and O–H groups in total. The molecule has 1 atom stereocenters. The Labute approximate surface area is 90.1 Å². The highest BCUT2D eigenvalue weighted by atomic mass is 32.2. The minimum Gasteiger partial charge on any atom is -0.450 e. The smallest absolute Gasteiger partial charge is 0.407 e. The third-order valence-electron chi connectivity index (χ3n) is 2.34.